The first-order valence-corrected chi connectivity index (χ1v) is 9.19. The van der Waals surface area contributed by atoms with Crippen molar-refractivity contribution in [2.24, 2.45) is 5.92 Å². The molecule has 1 aromatic rings. The van der Waals surface area contributed by atoms with E-state index in [-0.39, 0.29) is 6.04 Å². The summed E-state index contributed by atoms with van der Waals surface area (Å²) in [5.41, 5.74) is 1.12. The van der Waals surface area contributed by atoms with Gasteiger partial charge in [0.05, 0.1) is 4.90 Å². The van der Waals surface area contributed by atoms with Crippen LogP contribution in [0.3, 0.4) is 0 Å². The molecule has 1 saturated carbocycles. The zero-order valence-corrected chi connectivity index (χ0v) is 14.0. The van der Waals surface area contributed by atoms with Crippen LogP contribution in [0, 0.1) is 5.92 Å². The third-order valence-electron chi connectivity index (χ3n) is 4.00. The maximum Gasteiger partial charge on any atom is 0.242 e. The molecule has 1 aromatic carbocycles. The van der Waals surface area contributed by atoms with Crippen molar-refractivity contribution in [3.8, 4) is 0 Å². The first-order chi connectivity index (χ1) is 9.95. The van der Waals surface area contributed by atoms with Crippen molar-refractivity contribution in [1.82, 2.24) is 9.62 Å². The summed E-state index contributed by atoms with van der Waals surface area (Å²) in [7, 11) is -1.67. The minimum absolute atomic E-state index is 0.242. The molecular formula is C16H26N2O2S. The Kier molecular flexibility index (Phi) is 5.41. The van der Waals surface area contributed by atoms with Gasteiger partial charge < -0.3 is 5.32 Å². The summed E-state index contributed by atoms with van der Waals surface area (Å²) in [6, 6.07) is 7.50. The summed E-state index contributed by atoms with van der Waals surface area (Å²) < 4.78 is 26.4. The summed E-state index contributed by atoms with van der Waals surface area (Å²) in [5.74, 6) is 0.558. The Morgan fingerprint density at radius 2 is 1.90 bits per heavy atom. The van der Waals surface area contributed by atoms with Crippen LogP contribution in [0.15, 0.2) is 29.2 Å². The molecule has 0 radical (unpaired) electrons. The van der Waals surface area contributed by atoms with Gasteiger partial charge in [-0.1, -0.05) is 19.1 Å². The summed E-state index contributed by atoms with van der Waals surface area (Å²) in [4.78, 5) is 0.386. The smallest absolute Gasteiger partial charge is 0.242 e. The van der Waals surface area contributed by atoms with Crippen LogP contribution in [0.4, 0.5) is 0 Å². The van der Waals surface area contributed by atoms with Gasteiger partial charge in [0.15, 0.2) is 0 Å². The number of benzene rings is 1. The zero-order chi connectivity index (χ0) is 15.5. The van der Waals surface area contributed by atoms with Gasteiger partial charge in [0.2, 0.25) is 10.0 Å². The lowest BCUT2D eigenvalue weighted by atomic mass is 10.1. The fourth-order valence-electron chi connectivity index (χ4n) is 2.35. The molecule has 0 amide bonds. The van der Waals surface area contributed by atoms with Crippen LogP contribution in [0.1, 0.15) is 44.7 Å². The minimum Gasteiger partial charge on any atom is -0.310 e. The van der Waals surface area contributed by atoms with Gasteiger partial charge in [-0.3, -0.25) is 0 Å². The molecule has 21 heavy (non-hydrogen) atoms. The van der Waals surface area contributed by atoms with Crippen LogP contribution in [-0.2, 0) is 10.0 Å². The molecule has 0 aliphatic heterocycles. The Labute approximate surface area is 128 Å². The van der Waals surface area contributed by atoms with Crippen LogP contribution < -0.4 is 5.32 Å². The lowest BCUT2D eigenvalue weighted by molar-refractivity contribution is 0.453. The number of nitrogens with one attached hydrogen (secondary N) is 1. The number of rotatable bonds is 8. The second-order valence-corrected chi connectivity index (χ2v) is 8.02. The highest BCUT2D eigenvalue weighted by molar-refractivity contribution is 7.89. The van der Waals surface area contributed by atoms with Crippen LogP contribution in [0.2, 0.25) is 0 Å². The maximum atomic E-state index is 12.5. The van der Waals surface area contributed by atoms with Crippen molar-refractivity contribution < 1.29 is 8.42 Å². The second kappa shape index (κ2) is 6.90. The Hall–Kier alpha value is -0.910. The molecule has 118 valence electrons. The molecule has 0 bridgehead atoms. The number of hydrogen-bond donors (Lipinski definition) is 1. The predicted octanol–water partition coefficient (Wildman–Crippen LogP) is 2.78. The topological polar surface area (TPSA) is 49.4 Å². The fourth-order valence-corrected chi connectivity index (χ4v) is 3.60. The van der Waals surface area contributed by atoms with Crippen LogP contribution in [-0.4, -0.2) is 32.9 Å². The fraction of sp³-hybridized carbons (Fsp3) is 0.625. The molecule has 0 saturated heterocycles. The normalized spacial score (nSPS) is 17.1. The molecule has 1 aliphatic rings. The van der Waals surface area contributed by atoms with E-state index in [4.69, 9.17) is 0 Å². The molecule has 1 unspecified atom stereocenters. The predicted molar refractivity (Wildman–Crippen MR) is 85.7 cm³/mol. The van der Waals surface area contributed by atoms with Crippen molar-refractivity contribution in [2.75, 3.05) is 20.1 Å². The van der Waals surface area contributed by atoms with Gasteiger partial charge in [0.1, 0.15) is 0 Å². The van der Waals surface area contributed by atoms with Gasteiger partial charge in [0.25, 0.3) is 0 Å². The third kappa shape index (κ3) is 4.28. The van der Waals surface area contributed by atoms with E-state index in [0.717, 1.165) is 31.4 Å². The lowest BCUT2D eigenvalue weighted by Crippen LogP contribution is -2.29. The van der Waals surface area contributed by atoms with E-state index in [0.29, 0.717) is 17.4 Å². The maximum absolute atomic E-state index is 12.5. The molecule has 0 spiro atoms. The first-order valence-electron chi connectivity index (χ1n) is 7.74. The third-order valence-corrected chi connectivity index (χ3v) is 5.84. The van der Waals surface area contributed by atoms with E-state index in [2.05, 4.69) is 19.2 Å². The van der Waals surface area contributed by atoms with E-state index in [1.54, 1.807) is 19.2 Å². The van der Waals surface area contributed by atoms with E-state index in [9.17, 15) is 8.42 Å². The van der Waals surface area contributed by atoms with Gasteiger partial charge in [-0.05, 0) is 56.3 Å². The zero-order valence-electron chi connectivity index (χ0n) is 13.2. The first kappa shape index (κ1) is 16.5. The van der Waals surface area contributed by atoms with Crippen molar-refractivity contribution in [3.05, 3.63) is 29.8 Å². The highest BCUT2D eigenvalue weighted by atomic mass is 32.2. The Balaban J connectivity index is 2.06. The second-order valence-electron chi connectivity index (χ2n) is 5.97. The Morgan fingerprint density at radius 3 is 2.43 bits per heavy atom. The van der Waals surface area contributed by atoms with Crippen LogP contribution in [0.5, 0.6) is 0 Å². The molecule has 1 aliphatic carbocycles. The summed E-state index contributed by atoms with van der Waals surface area (Å²) in [6.07, 6.45) is 3.39. The van der Waals surface area contributed by atoms with E-state index >= 15 is 0 Å². The molecular weight excluding hydrogens is 284 g/mol. The average Bonchev–Trinajstić information content (AvgIpc) is 3.28. The van der Waals surface area contributed by atoms with Crippen molar-refractivity contribution in [3.63, 3.8) is 0 Å². The standard InChI is InChI=1S/C16H26N2O2S/c1-4-11-17-13(2)15-7-9-16(10-8-15)21(19,20)18(3)12-14-5-6-14/h7-10,13-14,17H,4-6,11-12H2,1-3H3. The van der Waals surface area contributed by atoms with Gasteiger partial charge in [-0.2, -0.15) is 0 Å². The molecule has 0 heterocycles. The van der Waals surface area contributed by atoms with Crippen molar-refractivity contribution >= 4 is 10.0 Å². The molecule has 1 atom stereocenters. The van der Waals surface area contributed by atoms with Crippen LogP contribution >= 0.6 is 0 Å². The van der Waals surface area contributed by atoms with Gasteiger partial charge in [-0.15, -0.1) is 0 Å². The van der Waals surface area contributed by atoms with Gasteiger partial charge in [-0.25, -0.2) is 12.7 Å². The van der Waals surface area contributed by atoms with Gasteiger partial charge in [0, 0.05) is 19.6 Å². The minimum atomic E-state index is -3.34. The number of nitrogens with zero attached hydrogens (tertiary/aromatic N) is 1. The largest absolute Gasteiger partial charge is 0.310 e. The Bertz CT molecular complexity index is 550. The molecule has 5 heteroatoms. The highest BCUT2D eigenvalue weighted by Crippen LogP contribution is 2.31. The average molecular weight is 310 g/mol. The summed E-state index contributed by atoms with van der Waals surface area (Å²) >= 11 is 0. The van der Waals surface area contributed by atoms with Crippen LogP contribution in [0.25, 0.3) is 0 Å². The Morgan fingerprint density at radius 1 is 1.29 bits per heavy atom. The van der Waals surface area contributed by atoms with E-state index < -0.39 is 10.0 Å². The monoisotopic (exact) mass is 310 g/mol. The molecule has 1 fully saturated rings. The molecule has 1 N–H and O–H groups in total. The molecule has 2 rings (SSSR count). The van der Waals surface area contributed by atoms with Gasteiger partial charge >= 0.3 is 0 Å². The quantitative estimate of drug-likeness (QED) is 0.803. The SMILES string of the molecule is CCCNC(C)c1ccc(S(=O)(=O)N(C)CC2CC2)cc1. The van der Waals surface area contributed by atoms with E-state index in [1.165, 1.54) is 4.31 Å². The van der Waals surface area contributed by atoms with Crippen molar-refractivity contribution in [2.45, 2.75) is 44.0 Å². The number of hydrogen-bond acceptors (Lipinski definition) is 3. The molecule has 0 aromatic heterocycles. The summed E-state index contributed by atoms with van der Waals surface area (Å²) in [6.45, 7) is 5.83. The van der Waals surface area contributed by atoms with E-state index in [1.807, 2.05) is 12.1 Å². The van der Waals surface area contributed by atoms with Crippen molar-refractivity contribution in [1.29, 1.82) is 0 Å². The number of sulfonamides is 1. The summed E-state index contributed by atoms with van der Waals surface area (Å²) in [5, 5.41) is 3.40. The highest BCUT2D eigenvalue weighted by Gasteiger charge is 2.29. The lowest BCUT2D eigenvalue weighted by Gasteiger charge is -2.18. The molecule has 4 nitrogen and oxygen atoms in total.